The second-order valence-electron chi connectivity index (χ2n) is 3.24. The molecule has 0 bridgehead atoms. The first-order valence-corrected chi connectivity index (χ1v) is 4.50. The van der Waals surface area contributed by atoms with Crippen LogP contribution in [0.5, 0.6) is 0 Å². The van der Waals surface area contributed by atoms with Gasteiger partial charge in [-0.2, -0.15) is 0 Å². The highest BCUT2D eigenvalue weighted by Gasteiger charge is 2.10. The molecule has 0 N–H and O–H groups in total. The molecule has 1 fully saturated rings. The summed E-state index contributed by atoms with van der Waals surface area (Å²) in [6.07, 6.45) is 8.02. The molecule has 0 aromatic heterocycles. The zero-order chi connectivity index (χ0) is 8.81. The maximum atomic E-state index is 10.3. The number of hydrogen-bond donors (Lipinski definition) is 0. The van der Waals surface area contributed by atoms with E-state index >= 15 is 0 Å². The molecule has 12 heavy (non-hydrogen) atoms. The second kappa shape index (κ2) is 4.91. The van der Waals surface area contributed by atoms with Crippen LogP contribution < -0.4 is 0 Å². The molecule has 0 aliphatic heterocycles. The van der Waals surface area contributed by atoms with Gasteiger partial charge in [0, 0.05) is 13.1 Å². The molecular weight excluding hydrogens is 154 g/mol. The maximum absolute atomic E-state index is 10.3. The highest BCUT2D eigenvalue weighted by molar-refractivity contribution is 5.67. The monoisotopic (exact) mass is 169 g/mol. The van der Waals surface area contributed by atoms with Crippen molar-refractivity contribution in [1.82, 2.24) is 0 Å². The molecule has 0 saturated heterocycles. The van der Waals surface area contributed by atoms with Gasteiger partial charge in [0.05, 0.1) is 0 Å². The minimum absolute atomic E-state index is 0.345. The van der Waals surface area contributed by atoms with Crippen LogP contribution in [0.25, 0.3) is 0 Å². The zero-order valence-corrected chi connectivity index (χ0v) is 7.45. The van der Waals surface area contributed by atoms with Crippen LogP contribution in [0.2, 0.25) is 0 Å². The van der Waals surface area contributed by atoms with Crippen molar-refractivity contribution in [3.8, 4) is 0 Å². The van der Waals surface area contributed by atoms with Crippen LogP contribution in [0.15, 0.2) is 5.16 Å². The van der Waals surface area contributed by atoms with Gasteiger partial charge in [-0.3, -0.25) is 0 Å². The number of carbonyl (C=O) groups excluding carboxylic acids is 1. The van der Waals surface area contributed by atoms with Gasteiger partial charge in [-0.25, -0.2) is 4.79 Å². The van der Waals surface area contributed by atoms with Crippen molar-refractivity contribution >= 4 is 12.2 Å². The van der Waals surface area contributed by atoms with Gasteiger partial charge in [-0.15, -0.1) is 0 Å². The quantitative estimate of drug-likeness (QED) is 0.361. The Labute approximate surface area is 72.8 Å². The Morgan fingerprint density at radius 1 is 1.42 bits per heavy atom. The number of hydrogen-bond acceptors (Lipinski definition) is 3. The van der Waals surface area contributed by atoms with Gasteiger partial charge in [-0.1, -0.05) is 24.4 Å². The van der Waals surface area contributed by atoms with Gasteiger partial charge < -0.3 is 4.84 Å². The summed E-state index contributed by atoms with van der Waals surface area (Å²) in [5, 5.41) is 3.62. The van der Waals surface area contributed by atoms with E-state index in [4.69, 9.17) is 0 Å². The van der Waals surface area contributed by atoms with Crippen molar-refractivity contribution in [1.29, 1.82) is 0 Å². The van der Waals surface area contributed by atoms with E-state index in [9.17, 15) is 4.79 Å². The fourth-order valence-electron chi connectivity index (χ4n) is 1.47. The highest BCUT2D eigenvalue weighted by atomic mass is 16.7. The Balaban J connectivity index is 2.19. The summed E-state index contributed by atoms with van der Waals surface area (Å²) in [6.45, 7) is 1.36. The third kappa shape index (κ3) is 3.51. The van der Waals surface area contributed by atoms with Crippen LogP contribution in [0.4, 0.5) is 0 Å². The molecule has 1 saturated carbocycles. The Hall–Kier alpha value is -0.860. The Morgan fingerprint density at radius 3 is 2.67 bits per heavy atom. The maximum Gasteiger partial charge on any atom is 0.331 e. The van der Waals surface area contributed by atoms with E-state index in [1.807, 2.05) is 0 Å². The first kappa shape index (κ1) is 9.23. The highest BCUT2D eigenvalue weighted by Crippen LogP contribution is 2.21. The molecule has 1 aliphatic carbocycles. The Morgan fingerprint density at radius 2 is 2.08 bits per heavy atom. The smallest absolute Gasteiger partial charge is 0.319 e. The first-order valence-electron chi connectivity index (χ1n) is 4.50. The van der Waals surface area contributed by atoms with Crippen LogP contribution in [0.3, 0.4) is 0 Å². The summed E-state index contributed by atoms with van der Waals surface area (Å²) in [5.74, 6) is 0.181. The van der Waals surface area contributed by atoms with Crippen molar-refractivity contribution in [2.24, 2.45) is 11.1 Å². The van der Waals surface area contributed by atoms with E-state index in [1.54, 1.807) is 6.21 Å². The molecule has 68 valence electrons. The number of oxime groups is 1. The SMILES string of the molecule is CC(=O)ON=CC1CCCCC1. The van der Waals surface area contributed by atoms with E-state index in [0.717, 1.165) is 0 Å². The summed E-state index contributed by atoms with van der Waals surface area (Å²) in [6, 6.07) is 0. The van der Waals surface area contributed by atoms with Gasteiger partial charge >= 0.3 is 5.97 Å². The number of carbonyl (C=O) groups is 1. The molecule has 0 unspecified atom stereocenters. The van der Waals surface area contributed by atoms with Gasteiger partial charge in [-0.05, 0) is 18.8 Å². The second-order valence-corrected chi connectivity index (χ2v) is 3.24. The van der Waals surface area contributed by atoms with E-state index in [1.165, 1.54) is 39.0 Å². The van der Waals surface area contributed by atoms with Crippen LogP contribution in [-0.2, 0) is 9.63 Å². The molecule has 0 aromatic rings. The van der Waals surface area contributed by atoms with Crippen molar-refractivity contribution in [2.75, 3.05) is 0 Å². The number of rotatable bonds is 2. The molecule has 0 spiro atoms. The summed E-state index contributed by atoms with van der Waals surface area (Å²) in [5.41, 5.74) is 0. The lowest BCUT2D eigenvalue weighted by Gasteiger charge is -2.16. The van der Waals surface area contributed by atoms with Crippen LogP contribution in [0.1, 0.15) is 39.0 Å². The lowest BCUT2D eigenvalue weighted by atomic mass is 9.90. The van der Waals surface area contributed by atoms with Crippen molar-refractivity contribution in [3.63, 3.8) is 0 Å². The van der Waals surface area contributed by atoms with Crippen LogP contribution >= 0.6 is 0 Å². The summed E-state index contributed by atoms with van der Waals surface area (Å²) in [7, 11) is 0. The molecule has 0 atom stereocenters. The normalized spacial score (nSPS) is 19.8. The molecule has 3 heteroatoms. The minimum atomic E-state index is -0.345. The van der Waals surface area contributed by atoms with Gasteiger partial charge in [0.1, 0.15) is 0 Å². The summed E-state index contributed by atoms with van der Waals surface area (Å²) in [4.78, 5) is 14.8. The Bertz CT molecular complexity index is 171. The van der Waals surface area contributed by atoms with E-state index in [0.29, 0.717) is 5.92 Å². The van der Waals surface area contributed by atoms with E-state index in [-0.39, 0.29) is 5.97 Å². The molecular formula is C9H15NO2. The standard InChI is InChI=1S/C9H15NO2/c1-8(11)12-10-7-9-5-3-2-4-6-9/h7,9H,2-6H2,1H3. The van der Waals surface area contributed by atoms with Crippen molar-refractivity contribution in [2.45, 2.75) is 39.0 Å². The molecule has 0 heterocycles. The van der Waals surface area contributed by atoms with Gasteiger partial charge in [0.2, 0.25) is 0 Å². The topological polar surface area (TPSA) is 38.7 Å². The summed E-state index contributed by atoms with van der Waals surface area (Å²) >= 11 is 0. The van der Waals surface area contributed by atoms with Crippen LogP contribution in [0, 0.1) is 5.92 Å². The zero-order valence-electron chi connectivity index (χ0n) is 7.45. The van der Waals surface area contributed by atoms with Crippen LogP contribution in [-0.4, -0.2) is 12.2 Å². The molecule has 1 aliphatic rings. The van der Waals surface area contributed by atoms with Gasteiger partial charge in [0.25, 0.3) is 0 Å². The molecule has 0 radical (unpaired) electrons. The third-order valence-electron chi connectivity index (χ3n) is 2.10. The fourth-order valence-corrected chi connectivity index (χ4v) is 1.47. The van der Waals surface area contributed by atoms with Crippen molar-refractivity contribution < 1.29 is 9.63 Å². The Kier molecular flexibility index (Phi) is 3.77. The third-order valence-corrected chi connectivity index (χ3v) is 2.10. The number of nitrogens with zero attached hydrogens (tertiary/aromatic N) is 1. The van der Waals surface area contributed by atoms with Gasteiger partial charge in [0.15, 0.2) is 0 Å². The average molecular weight is 169 g/mol. The van der Waals surface area contributed by atoms with E-state index in [2.05, 4.69) is 9.99 Å². The molecule has 1 rings (SSSR count). The molecule has 3 nitrogen and oxygen atoms in total. The van der Waals surface area contributed by atoms with E-state index < -0.39 is 0 Å². The predicted octanol–water partition coefficient (Wildman–Crippen LogP) is 2.12. The average Bonchev–Trinajstić information content (AvgIpc) is 2.05. The first-order chi connectivity index (χ1) is 5.79. The fraction of sp³-hybridized carbons (Fsp3) is 0.778. The lowest BCUT2D eigenvalue weighted by Crippen LogP contribution is -2.07. The lowest BCUT2D eigenvalue weighted by molar-refractivity contribution is -0.140. The molecule has 0 amide bonds. The minimum Gasteiger partial charge on any atom is -0.319 e. The molecule has 0 aromatic carbocycles. The summed E-state index contributed by atoms with van der Waals surface area (Å²) < 4.78 is 0. The predicted molar refractivity (Wildman–Crippen MR) is 46.8 cm³/mol. The van der Waals surface area contributed by atoms with Crippen molar-refractivity contribution in [3.05, 3.63) is 0 Å². The largest absolute Gasteiger partial charge is 0.331 e.